The number of anilines is 1. The number of hydrogen-bond acceptors (Lipinski definition) is 5. The summed E-state index contributed by atoms with van der Waals surface area (Å²) in [6.45, 7) is 0.413. The molecule has 7 heteroatoms. The van der Waals surface area contributed by atoms with E-state index in [-0.39, 0.29) is 0 Å². The van der Waals surface area contributed by atoms with E-state index in [0.29, 0.717) is 17.5 Å². The number of hydroxylamine groups is 1. The molecule has 2 aromatic rings. The van der Waals surface area contributed by atoms with Gasteiger partial charge in [0.2, 0.25) is 0 Å². The van der Waals surface area contributed by atoms with E-state index in [1.54, 1.807) is 12.3 Å². The molecule has 0 spiro atoms. The molecule has 0 atom stereocenters. The lowest BCUT2D eigenvalue weighted by Crippen LogP contribution is -2.22. The summed E-state index contributed by atoms with van der Waals surface area (Å²) in [7, 11) is 1.49. The van der Waals surface area contributed by atoms with Crippen LogP contribution in [-0.2, 0) is 11.4 Å². The Labute approximate surface area is 102 Å². The van der Waals surface area contributed by atoms with Crippen LogP contribution in [0.15, 0.2) is 33.8 Å². The number of halogens is 1. The van der Waals surface area contributed by atoms with E-state index in [4.69, 9.17) is 16.4 Å². The molecule has 0 aliphatic carbocycles. The summed E-state index contributed by atoms with van der Waals surface area (Å²) in [5.41, 5.74) is 0.887. The zero-order valence-corrected chi connectivity index (χ0v) is 9.77. The van der Waals surface area contributed by atoms with E-state index in [1.165, 1.54) is 18.4 Å². The summed E-state index contributed by atoms with van der Waals surface area (Å²) >= 11 is 5.68. The topological polar surface area (TPSA) is 71.4 Å². The van der Waals surface area contributed by atoms with Gasteiger partial charge in [-0.05, 0) is 11.6 Å². The summed E-state index contributed by atoms with van der Waals surface area (Å²) in [6, 6.07) is 3.50. The number of pyridine rings is 1. The highest BCUT2D eigenvalue weighted by atomic mass is 35.5. The van der Waals surface area contributed by atoms with Gasteiger partial charge in [0.05, 0.1) is 13.7 Å². The van der Waals surface area contributed by atoms with Crippen LogP contribution < -0.4 is 10.8 Å². The van der Waals surface area contributed by atoms with Gasteiger partial charge in [-0.25, -0.2) is 14.8 Å². The van der Waals surface area contributed by atoms with Crippen LogP contribution in [-0.4, -0.2) is 17.1 Å². The molecule has 0 aliphatic heterocycles. The molecule has 0 saturated carbocycles. The fourth-order valence-corrected chi connectivity index (χ4v) is 1.42. The summed E-state index contributed by atoms with van der Waals surface area (Å²) in [6.07, 6.45) is 2.92. The van der Waals surface area contributed by atoms with Gasteiger partial charge in [-0.2, -0.15) is 0 Å². The van der Waals surface area contributed by atoms with Gasteiger partial charge < -0.3 is 4.42 Å². The molecule has 0 aliphatic rings. The van der Waals surface area contributed by atoms with Gasteiger partial charge >= 0.3 is 5.76 Å². The van der Waals surface area contributed by atoms with Gasteiger partial charge in [0.25, 0.3) is 0 Å². The lowest BCUT2D eigenvalue weighted by molar-refractivity contribution is 0.160. The Morgan fingerprint density at radius 1 is 1.59 bits per heavy atom. The highest BCUT2D eigenvalue weighted by molar-refractivity contribution is 6.29. The normalized spacial score (nSPS) is 10.5. The second-order valence-electron chi connectivity index (χ2n) is 3.24. The Bertz CT molecular complexity index is 534. The molecule has 2 aromatic heterocycles. The van der Waals surface area contributed by atoms with Crippen molar-refractivity contribution in [3.8, 4) is 0 Å². The molecule has 0 radical (unpaired) electrons. The monoisotopic (exact) mass is 255 g/mol. The molecule has 0 aromatic carbocycles. The molecule has 1 N–H and O–H groups in total. The maximum Gasteiger partial charge on any atom is 0.417 e. The van der Waals surface area contributed by atoms with Crippen LogP contribution in [0.25, 0.3) is 0 Å². The van der Waals surface area contributed by atoms with Crippen LogP contribution in [0.2, 0.25) is 5.15 Å². The molecule has 0 unspecified atom stereocenters. The summed E-state index contributed by atoms with van der Waals surface area (Å²) < 4.78 is 4.63. The van der Waals surface area contributed by atoms with Crippen molar-refractivity contribution in [1.82, 2.24) is 9.97 Å². The zero-order valence-electron chi connectivity index (χ0n) is 9.01. The smallest absolute Gasteiger partial charge is 0.414 e. The number of H-pyrrole nitrogens is 1. The van der Waals surface area contributed by atoms with E-state index in [2.05, 4.69) is 14.4 Å². The number of hydrogen-bond donors (Lipinski definition) is 1. The Morgan fingerprint density at radius 3 is 2.94 bits per heavy atom. The minimum absolute atomic E-state index is 0.413. The lowest BCUT2D eigenvalue weighted by atomic mass is 10.3. The third-order valence-corrected chi connectivity index (χ3v) is 2.34. The van der Waals surface area contributed by atoms with E-state index in [1.807, 2.05) is 6.07 Å². The van der Waals surface area contributed by atoms with Crippen molar-refractivity contribution in [2.45, 2.75) is 6.54 Å². The molecular formula is C10H10ClN3O3. The van der Waals surface area contributed by atoms with Crippen LogP contribution in [0, 0.1) is 0 Å². The van der Waals surface area contributed by atoms with Crippen molar-refractivity contribution in [1.29, 1.82) is 0 Å². The minimum Gasteiger partial charge on any atom is -0.414 e. The zero-order chi connectivity index (χ0) is 12.3. The molecule has 2 heterocycles. The molecule has 0 saturated heterocycles. The predicted octanol–water partition coefficient (Wildman–Crippen LogP) is 1.58. The summed E-state index contributed by atoms with van der Waals surface area (Å²) in [4.78, 5) is 22.4. The highest BCUT2D eigenvalue weighted by Crippen LogP contribution is 2.13. The average Bonchev–Trinajstić information content (AvgIpc) is 2.75. The SMILES string of the molecule is CON(Cc1ccc(Cl)nc1)c1coc(=O)[nH]1. The first kappa shape index (κ1) is 11.7. The number of aromatic nitrogens is 2. The Hall–Kier alpha value is -1.79. The lowest BCUT2D eigenvalue weighted by Gasteiger charge is -2.18. The Kier molecular flexibility index (Phi) is 3.46. The van der Waals surface area contributed by atoms with Gasteiger partial charge in [0.1, 0.15) is 11.4 Å². The quantitative estimate of drug-likeness (QED) is 0.663. The number of rotatable bonds is 4. The first-order chi connectivity index (χ1) is 8.19. The summed E-state index contributed by atoms with van der Waals surface area (Å²) in [5.74, 6) is -0.0938. The Morgan fingerprint density at radius 2 is 2.41 bits per heavy atom. The predicted molar refractivity (Wildman–Crippen MR) is 61.8 cm³/mol. The standard InChI is InChI=1S/C10H10ClN3O3/c1-16-14(9-6-17-10(15)13-9)5-7-2-3-8(11)12-4-7/h2-4,6H,5H2,1H3,(H,13,15). The summed E-state index contributed by atoms with van der Waals surface area (Å²) in [5, 5.41) is 1.89. The van der Waals surface area contributed by atoms with E-state index >= 15 is 0 Å². The van der Waals surface area contributed by atoms with Gasteiger partial charge in [-0.1, -0.05) is 17.7 Å². The van der Waals surface area contributed by atoms with E-state index in [0.717, 1.165) is 5.56 Å². The molecular weight excluding hydrogens is 246 g/mol. The van der Waals surface area contributed by atoms with Gasteiger partial charge in [0.15, 0.2) is 5.82 Å². The van der Waals surface area contributed by atoms with Gasteiger partial charge in [-0.15, -0.1) is 0 Å². The second-order valence-corrected chi connectivity index (χ2v) is 3.63. The third-order valence-electron chi connectivity index (χ3n) is 2.11. The third kappa shape index (κ3) is 2.86. The highest BCUT2D eigenvalue weighted by Gasteiger charge is 2.10. The number of nitrogens with zero attached hydrogens (tertiary/aromatic N) is 2. The van der Waals surface area contributed by atoms with Crippen molar-refractivity contribution in [2.75, 3.05) is 12.2 Å². The average molecular weight is 256 g/mol. The number of oxazole rings is 1. The van der Waals surface area contributed by atoms with Crippen molar-refractivity contribution in [3.63, 3.8) is 0 Å². The molecule has 0 bridgehead atoms. The van der Waals surface area contributed by atoms with Crippen LogP contribution >= 0.6 is 11.6 Å². The fourth-order valence-electron chi connectivity index (χ4n) is 1.31. The largest absolute Gasteiger partial charge is 0.417 e. The van der Waals surface area contributed by atoms with Crippen LogP contribution in [0.3, 0.4) is 0 Å². The number of nitrogens with one attached hydrogen (secondary N) is 1. The molecule has 6 nitrogen and oxygen atoms in total. The van der Waals surface area contributed by atoms with E-state index in [9.17, 15) is 4.79 Å². The Balaban J connectivity index is 2.15. The molecule has 17 heavy (non-hydrogen) atoms. The maximum absolute atomic E-state index is 10.9. The first-order valence-electron chi connectivity index (χ1n) is 4.79. The molecule has 2 rings (SSSR count). The minimum atomic E-state index is -0.531. The molecule has 0 fully saturated rings. The van der Waals surface area contributed by atoms with Gasteiger partial charge in [0, 0.05) is 6.20 Å². The van der Waals surface area contributed by atoms with Crippen molar-refractivity contribution < 1.29 is 9.25 Å². The second kappa shape index (κ2) is 5.03. The van der Waals surface area contributed by atoms with Crippen LogP contribution in [0.5, 0.6) is 0 Å². The number of aromatic amines is 1. The van der Waals surface area contributed by atoms with Gasteiger partial charge in [-0.3, -0.25) is 9.82 Å². The van der Waals surface area contributed by atoms with Crippen LogP contribution in [0.1, 0.15) is 5.56 Å². The van der Waals surface area contributed by atoms with Crippen molar-refractivity contribution >= 4 is 17.4 Å². The van der Waals surface area contributed by atoms with Crippen molar-refractivity contribution in [3.05, 3.63) is 45.9 Å². The molecule has 0 amide bonds. The maximum atomic E-state index is 10.9. The van der Waals surface area contributed by atoms with Crippen molar-refractivity contribution in [2.24, 2.45) is 0 Å². The van der Waals surface area contributed by atoms with Crippen LogP contribution in [0.4, 0.5) is 5.82 Å². The first-order valence-corrected chi connectivity index (χ1v) is 5.16. The van der Waals surface area contributed by atoms with E-state index < -0.39 is 5.76 Å². The molecule has 90 valence electrons. The fraction of sp³-hybridized carbons (Fsp3) is 0.200.